The molecular formula is C24H18N6O3. The van der Waals surface area contributed by atoms with Crippen LogP contribution in [0.4, 0.5) is 23.0 Å². The Balaban J connectivity index is 1.63. The summed E-state index contributed by atoms with van der Waals surface area (Å²) >= 11 is 0. The summed E-state index contributed by atoms with van der Waals surface area (Å²) in [7, 11) is 1.58. The number of methoxy groups -OCH3 is 1. The second-order valence-electron chi connectivity index (χ2n) is 6.84. The van der Waals surface area contributed by atoms with E-state index in [1.54, 1.807) is 67.8 Å². The third kappa shape index (κ3) is 4.86. The molecule has 0 saturated heterocycles. The lowest BCUT2D eigenvalue weighted by atomic mass is 10.1. The standard InChI is InChI=1S/C24H18N6O3/c1-33-18-10-7-16(8-11-18)29-30-20-13-17(9-12-21(20)31)26-24-27-22(15-5-3-2-4-6-15)19(14-25)23(32)28-24/h2-13,31H,1H3,(H2,26,27,28,32). The van der Waals surface area contributed by atoms with Gasteiger partial charge in [-0.1, -0.05) is 30.3 Å². The van der Waals surface area contributed by atoms with E-state index in [1.165, 1.54) is 6.07 Å². The average Bonchev–Trinajstić information content (AvgIpc) is 2.85. The molecule has 3 aromatic carbocycles. The Labute approximate surface area is 188 Å². The first-order valence-electron chi connectivity index (χ1n) is 9.83. The zero-order valence-corrected chi connectivity index (χ0v) is 17.5. The van der Waals surface area contributed by atoms with Crippen LogP contribution in [-0.2, 0) is 0 Å². The maximum absolute atomic E-state index is 12.4. The van der Waals surface area contributed by atoms with Gasteiger partial charge in [0.15, 0.2) is 0 Å². The van der Waals surface area contributed by atoms with Crippen molar-refractivity contribution in [2.45, 2.75) is 0 Å². The van der Waals surface area contributed by atoms with Gasteiger partial charge in [-0.25, -0.2) is 4.98 Å². The fraction of sp³-hybridized carbons (Fsp3) is 0.0417. The molecule has 0 aliphatic heterocycles. The van der Waals surface area contributed by atoms with Gasteiger partial charge in [0.2, 0.25) is 5.95 Å². The highest BCUT2D eigenvalue weighted by atomic mass is 16.5. The molecule has 0 unspecified atom stereocenters. The molecule has 0 fully saturated rings. The van der Waals surface area contributed by atoms with Crippen LogP contribution < -0.4 is 15.6 Å². The Morgan fingerprint density at radius 3 is 2.52 bits per heavy atom. The number of H-pyrrole nitrogens is 1. The Morgan fingerprint density at radius 2 is 1.82 bits per heavy atom. The van der Waals surface area contributed by atoms with Crippen molar-refractivity contribution in [1.29, 1.82) is 5.26 Å². The van der Waals surface area contributed by atoms with Crippen LogP contribution in [0.5, 0.6) is 11.5 Å². The minimum Gasteiger partial charge on any atom is -0.506 e. The fourth-order valence-corrected chi connectivity index (χ4v) is 3.02. The van der Waals surface area contributed by atoms with Crippen molar-refractivity contribution in [3.8, 4) is 28.8 Å². The number of hydrogen-bond donors (Lipinski definition) is 3. The lowest BCUT2D eigenvalue weighted by Gasteiger charge is -2.09. The predicted molar refractivity (Wildman–Crippen MR) is 124 cm³/mol. The van der Waals surface area contributed by atoms with Gasteiger partial charge in [0.25, 0.3) is 5.56 Å². The van der Waals surface area contributed by atoms with E-state index in [0.29, 0.717) is 22.7 Å². The summed E-state index contributed by atoms with van der Waals surface area (Å²) < 4.78 is 5.11. The van der Waals surface area contributed by atoms with Gasteiger partial charge in [-0.15, -0.1) is 5.11 Å². The van der Waals surface area contributed by atoms with Crippen molar-refractivity contribution >= 4 is 23.0 Å². The molecule has 0 radical (unpaired) electrons. The van der Waals surface area contributed by atoms with E-state index in [2.05, 4.69) is 25.5 Å². The van der Waals surface area contributed by atoms with Crippen LogP contribution in [-0.4, -0.2) is 22.2 Å². The summed E-state index contributed by atoms with van der Waals surface area (Å²) in [5.41, 5.74) is 1.57. The Bertz CT molecular complexity index is 1410. The third-order valence-corrected chi connectivity index (χ3v) is 4.66. The lowest BCUT2D eigenvalue weighted by Crippen LogP contribution is -2.16. The molecule has 162 valence electrons. The highest BCUT2D eigenvalue weighted by Gasteiger charge is 2.13. The number of azo groups is 1. The van der Waals surface area contributed by atoms with Gasteiger partial charge >= 0.3 is 0 Å². The molecule has 3 N–H and O–H groups in total. The highest BCUT2D eigenvalue weighted by molar-refractivity contribution is 5.69. The van der Waals surface area contributed by atoms with E-state index >= 15 is 0 Å². The molecule has 4 aromatic rings. The number of nitrogens with zero attached hydrogens (tertiary/aromatic N) is 4. The van der Waals surface area contributed by atoms with E-state index in [0.717, 1.165) is 0 Å². The van der Waals surface area contributed by atoms with Gasteiger partial charge in [0.05, 0.1) is 18.5 Å². The van der Waals surface area contributed by atoms with Gasteiger partial charge in [0.1, 0.15) is 28.8 Å². The van der Waals surface area contributed by atoms with Crippen LogP contribution >= 0.6 is 0 Å². The van der Waals surface area contributed by atoms with Crippen molar-refractivity contribution in [1.82, 2.24) is 9.97 Å². The van der Waals surface area contributed by atoms with Gasteiger partial charge in [-0.3, -0.25) is 9.78 Å². The number of aromatic hydroxyl groups is 1. The van der Waals surface area contributed by atoms with Crippen LogP contribution in [0.15, 0.2) is 87.8 Å². The molecule has 0 atom stereocenters. The topological polar surface area (TPSA) is 136 Å². The maximum Gasteiger partial charge on any atom is 0.270 e. The van der Waals surface area contributed by atoms with Crippen molar-refractivity contribution in [2.75, 3.05) is 12.4 Å². The zero-order chi connectivity index (χ0) is 23.2. The number of nitrogens with one attached hydrogen (secondary N) is 2. The average molecular weight is 438 g/mol. The van der Waals surface area contributed by atoms with E-state index in [9.17, 15) is 15.2 Å². The highest BCUT2D eigenvalue weighted by Crippen LogP contribution is 2.32. The van der Waals surface area contributed by atoms with Crippen LogP contribution in [0.2, 0.25) is 0 Å². The molecule has 9 heteroatoms. The van der Waals surface area contributed by atoms with E-state index < -0.39 is 5.56 Å². The summed E-state index contributed by atoms with van der Waals surface area (Å²) in [6, 6.07) is 22.5. The molecule has 1 heterocycles. The van der Waals surface area contributed by atoms with Crippen LogP contribution in [0, 0.1) is 11.3 Å². The zero-order valence-electron chi connectivity index (χ0n) is 17.5. The summed E-state index contributed by atoms with van der Waals surface area (Å²) in [4.78, 5) is 19.4. The molecule has 4 rings (SSSR count). The Kier molecular flexibility index (Phi) is 6.09. The van der Waals surface area contributed by atoms with Crippen LogP contribution in [0.25, 0.3) is 11.3 Å². The largest absolute Gasteiger partial charge is 0.506 e. The van der Waals surface area contributed by atoms with Crippen molar-refractivity contribution in [2.24, 2.45) is 10.2 Å². The SMILES string of the molecule is COc1ccc(N=Nc2cc(Nc3nc(-c4ccccc4)c(C#N)c(=O)[nH]3)ccc2O)cc1. The maximum atomic E-state index is 12.4. The van der Waals surface area contributed by atoms with Gasteiger partial charge in [-0.2, -0.15) is 10.4 Å². The predicted octanol–water partition coefficient (Wildman–Crippen LogP) is 5.18. The van der Waals surface area contributed by atoms with Crippen molar-refractivity contribution in [3.05, 3.63) is 88.7 Å². The summed E-state index contributed by atoms with van der Waals surface area (Å²) in [5, 5.41) is 30.8. The smallest absolute Gasteiger partial charge is 0.270 e. The van der Waals surface area contributed by atoms with Crippen molar-refractivity contribution in [3.63, 3.8) is 0 Å². The molecular weight excluding hydrogens is 420 g/mol. The minimum absolute atomic E-state index is 0.0657. The number of ether oxygens (including phenoxy) is 1. The Morgan fingerprint density at radius 1 is 1.06 bits per heavy atom. The molecule has 0 aliphatic rings. The Hall–Kier alpha value is -4.97. The van der Waals surface area contributed by atoms with E-state index in [-0.39, 0.29) is 28.6 Å². The monoisotopic (exact) mass is 438 g/mol. The number of aromatic amines is 1. The molecule has 1 aromatic heterocycles. The lowest BCUT2D eigenvalue weighted by molar-refractivity contribution is 0.415. The third-order valence-electron chi connectivity index (χ3n) is 4.66. The number of phenols is 1. The second-order valence-corrected chi connectivity index (χ2v) is 6.84. The molecule has 0 spiro atoms. The number of phenolic OH excluding ortho intramolecular Hbond substituents is 1. The van der Waals surface area contributed by atoms with E-state index in [1.807, 2.05) is 12.1 Å². The number of aromatic nitrogens is 2. The summed E-state index contributed by atoms with van der Waals surface area (Å²) in [6.45, 7) is 0. The molecule has 33 heavy (non-hydrogen) atoms. The first-order valence-corrected chi connectivity index (χ1v) is 9.83. The molecule has 0 aliphatic carbocycles. The number of anilines is 2. The van der Waals surface area contributed by atoms with Crippen LogP contribution in [0.3, 0.4) is 0 Å². The van der Waals surface area contributed by atoms with Gasteiger partial charge in [-0.05, 0) is 42.5 Å². The number of nitriles is 1. The molecule has 9 nitrogen and oxygen atoms in total. The van der Waals surface area contributed by atoms with Gasteiger partial charge in [0, 0.05) is 11.3 Å². The normalized spacial score (nSPS) is 10.7. The summed E-state index contributed by atoms with van der Waals surface area (Å²) in [5.74, 6) is 0.771. The number of benzene rings is 3. The molecule has 0 saturated carbocycles. The number of rotatable bonds is 6. The first kappa shape index (κ1) is 21.3. The minimum atomic E-state index is -0.563. The summed E-state index contributed by atoms with van der Waals surface area (Å²) in [6.07, 6.45) is 0. The van der Waals surface area contributed by atoms with E-state index in [4.69, 9.17) is 4.74 Å². The first-order chi connectivity index (χ1) is 16.1. The van der Waals surface area contributed by atoms with Gasteiger partial charge < -0.3 is 15.2 Å². The molecule has 0 amide bonds. The quantitative estimate of drug-likeness (QED) is 0.280. The second kappa shape index (κ2) is 9.45. The fourth-order valence-electron chi connectivity index (χ4n) is 3.02. The number of hydrogen-bond acceptors (Lipinski definition) is 8. The molecule has 0 bridgehead atoms. The van der Waals surface area contributed by atoms with Crippen LogP contribution in [0.1, 0.15) is 5.56 Å². The van der Waals surface area contributed by atoms with Crippen molar-refractivity contribution < 1.29 is 9.84 Å².